The Morgan fingerprint density at radius 3 is 2.57 bits per heavy atom. The lowest BCUT2D eigenvalue weighted by Gasteiger charge is -2.58. The number of ketones is 1. The van der Waals surface area contributed by atoms with E-state index >= 15 is 0 Å². The highest BCUT2D eigenvalue weighted by Gasteiger charge is 2.59. The van der Waals surface area contributed by atoms with Crippen molar-refractivity contribution in [3.63, 3.8) is 0 Å². The third-order valence-corrected chi connectivity index (χ3v) is 11.5. The molecule has 196 valence electrons. The molecule has 0 spiro atoms. The van der Waals surface area contributed by atoms with Gasteiger partial charge in [-0.3, -0.25) is 9.59 Å². The third-order valence-electron chi connectivity index (χ3n) is 11.5. The van der Waals surface area contributed by atoms with Crippen LogP contribution in [0.5, 0.6) is 0 Å². The van der Waals surface area contributed by atoms with Crippen molar-refractivity contribution in [2.75, 3.05) is 19.6 Å². The fourth-order valence-electron chi connectivity index (χ4n) is 9.63. The molecule has 0 aromatic carbocycles. The van der Waals surface area contributed by atoms with E-state index in [1.165, 1.54) is 32.1 Å². The Hall–Kier alpha value is -1.16. The number of fused-ring (bicyclic) bond motifs is 5. The number of esters is 1. The summed E-state index contributed by atoms with van der Waals surface area (Å²) in [7, 11) is 0. The summed E-state index contributed by atoms with van der Waals surface area (Å²) in [5.74, 6) is 2.83. The minimum Gasteiger partial charge on any atom is -0.462 e. The van der Waals surface area contributed by atoms with Crippen molar-refractivity contribution < 1.29 is 14.3 Å². The highest BCUT2D eigenvalue weighted by atomic mass is 16.5. The van der Waals surface area contributed by atoms with E-state index in [4.69, 9.17) is 4.74 Å². The van der Waals surface area contributed by atoms with E-state index in [0.29, 0.717) is 23.5 Å². The van der Waals surface area contributed by atoms with Gasteiger partial charge in [0.1, 0.15) is 11.9 Å². The monoisotopic (exact) mass is 483 g/mol. The van der Waals surface area contributed by atoms with E-state index in [2.05, 4.69) is 38.7 Å². The van der Waals surface area contributed by atoms with Crippen LogP contribution in [0, 0.1) is 39.9 Å². The third kappa shape index (κ3) is 4.66. The molecule has 0 N–H and O–H groups in total. The molecular weight excluding hydrogens is 434 g/mol. The summed E-state index contributed by atoms with van der Waals surface area (Å²) in [4.78, 5) is 27.6. The highest BCUT2D eigenvalue weighted by Crippen LogP contribution is 2.66. The first-order valence-electron chi connectivity index (χ1n) is 14.6. The topological polar surface area (TPSA) is 46.6 Å². The molecule has 0 aromatic rings. The highest BCUT2D eigenvalue weighted by molar-refractivity contribution is 5.79. The Morgan fingerprint density at radius 1 is 1.03 bits per heavy atom. The van der Waals surface area contributed by atoms with E-state index in [9.17, 15) is 9.59 Å². The second-order valence-electron chi connectivity index (χ2n) is 14.2. The molecule has 0 bridgehead atoms. The first-order chi connectivity index (χ1) is 16.5. The van der Waals surface area contributed by atoms with Crippen LogP contribution in [0.4, 0.5) is 0 Å². The van der Waals surface area contributed by atoms with Crippen molar-refractivity contribution in [2.24, 2.45) is 39.9 Å². The average molecular weight is 484 g/mol. The second kappa shape index (κ2) is 9.30. The molecular formula is C31H49NO3. The lowest BCUT2D eigenvalue weighted by atomic mass is 9.47. The summed E-state index contributed by atoms with van der Waals surface area (Å²) in [5, 5.41) is 0. The number of piperidine rings is 1. The molecule has 7 atom stereocenters. The molecule has 0 amide bonds. The van der Waals surface area contributed by atoms with Gasteiger partial charge in [0, 0.05) is 25.4 Å². The van der Waals surface area contributed by atoms with Crippen LogP contribution in [0.15, 0.2) is 11.6 Å². The number of hydrogen-bond acceptors (Lipinski definition) is 4. The first-order valence-corrected chi connectivity index (χ1v) is 14.6. The van der Waals surface area contributed by atoms with Crippen LogP contribution in [-0.4, -0.2) is 42.4 Å². The maximum Gasteiger partial charge on any atom is 0.307 e. The maximum absolute atomic E-state index is 12.7. The molecule has 0 radical (unpaired) electrons. The number of ether oxygens (including phenoxy) is 1. The Labute approximate surface area is 213 Å². The van der Waals surface area contributed by atoms with Gasteiger partial charge in [-0.15, -0.1) is 0 Å². The normalized spacial score (nSPS) is 42.9. The molecule has 4 aliphatic carbocycles. The summed E-state index contributed by atoms with van der Waals surface area (Å²) in [6.45, 7) is 14.5. The summed E-state index contributed by atoms with van der Waals surface area (Å²) in [6.07, 6.45) is 14.6. The van der Waals surface area contributed by atoms with Crippen LogP contribution in [0.2, 0.25) is 0 Å². The van der Waals surface area contributed by atoms with E-state index in [0.717, 1.165) is 63.6 Å². The molecule has 4 fully saturated rings. The van der Waals surface area contributed by atoms with Crippen LogP contribution in [0.1, 0.15) is 105 Å². The predicted octanol–water partition coefficient (Wildman–Crippen LogP) is 6.58. The van der Waals surface area contributed by atoms with Gasteiger partial charge in [-0.25, -0.2) is 0 Å². The van der Waals surface area contributed by atoms with E-state index < -0.39 is 0 Å². The van der Waals surface area contributed by atoms with Gasteiger partial charge in [-0.05, 0) is 105 Å². The van der Waals surface area contributed by atoms with Gasteiger partial charge in [0.15, 0.2) is 0 Å². The SMILES string of the molecule is CC(=O)[C@H]1CC[C@H]2[C@@H]3CC=C4CC(OC(=O)CCN5CCCC(C)(C)C5)CC[C@]4(C)[C@H]3CC[C@]12C. The zero-order chi connectivity index (χ0) is 25.0. The maximum atomic E-state index is 12.7. The van der Waals surface area contributed by atoms with Crippen LogP contribution in [0.25, 0.3) is 0 Å². The minimum absolute atomic E-state index is 0.00840. The zero-order valence-electron chi connectivity index (χ0n) is 23.0. The van der Waals surface area contributed by atoms with Crippen molar-refractivity contribution >= 4 is 11.8 Å². The number of nitrogens with zero attached hydrogens (tertiary/aromatic N) is 1. The van der Waals surface area contributed by atoms with Gasteiger partial charge >= 0.3 is 5.97 Å². The Kier molecular flexibility index (Phi) is 6.77. The van der Waals surface area contributed by atoms with Crippen molar-refractivity contribution in [1.29, 1.82) is 0 Å². The van der Waals surface area contributed by atoms with Gasteiger partial charge in [0.05, 0.1) is 6.42 Å². The largest absolute Gasteiger partial charge is 0.462 e. The number of likely N-dealkylation sites (tertiary alicyclic amines) is 1. The molecule has 4 heteroatoms. The molecule has 0 aromatic heterocycles. The summed E-state index contributed by atoms with van der Waals surface area (Å²) >= 11 is 0. The van der Waals surface area contributed by atoms with Crippen LogP contribution < -0.4 is 0 Å². The van der Waals surface area contributed by atoms with Crippen molar-refractivity contribution in [2.45, 2.75) is 111 Å². The molecule has 1 saturated heterocycles. The molecule has 1 aliphatic heterocycles. The number of rotatable bonds is 5. The standard InChI is InChI=1S/C31H49NO3/c1-21(33)25-9-10-26-24-8-7-22-19-23(11-15-30(22,4)27(24)12-16-31(25,26)5)35-28(34)13-18-32-17-6-14-29(2,3)20-32/h7,23-27H,6,8-20H2,1-5H3/t23?,24-,25+,26-,27-,30-,31+/m0/s1. The fourth-order valence-corrected chi connectivity index (χ4v) is 9.63. The number of carbonyl (C=O) groups is 2. The Balaban J connectivity index is 1.19. The van der Waals surface area contributed by atoms with E-state index in [1.807, 2.05) is 6.92 Å². The van der Waals surface area contributed by atoms with Crippen molar-refractivity contribution in [3.05, 3.63) is 11.6 Å². The fraction of sp³-hybridized carbons (Fsp3) is 0.871. The van der Waals surface area contributed by atoms with Crippen LogP contribution in [-0.2, 0) is 14.3 Å². The van der Waals surface area contributed by atoms with Crippen LogP contribution in [0.3, 0.4) is 0 Å². The van der Waals surface area contributed by atoms with E-state index in [1.54, 1.807) is 5.57 Å². The molecule has 4 nitrogen and oxygen atoms in total. The van der Waals surface area contributed by atoms with Crippen molar-refractivity contribution in [1.82, 2.24) is 4.90 Å². The quantitative estimate of drug-likeness (QED) is 0.327. The lowest BCUT2D eigenvalue weighted by Crippen LogP contribution is -2.51. The van der Waals surface area contributed by atoms with Gasteiger partial charge in [-0.2, -0.15) is 0 Å². The number of Topliss-reactive ketones (excluding diaryl/α,β-unsaturated/α-hetero) is 1. The second-order valence-corrected chi connectivity index (χ2v) is 14.2. The van der Waals surface area contributed by atoms with E-state index in [-0.39, 0.29) is 28.8 Å². The van der Waals surface area contributed by atoms with Crippen LogP contribution >= 0.6 is 0 Å². The minimum atomic E-state index is -0.00840. The molecule has 1 heterocycles. The molecule has 3 saturated carbocycles. The number of hydrogen-bond donors (Lipinski definition) is 0. The summed E-state index contributed by atoms with van der Waals surface area (Å²) in [6, 6.07) is 0. The molecule has 5 aliphatic rings. The zero-order valence-corrected chi connectivity index (χ0v) is 23.0. The van der Waals surface area contributed by atoms with Gasteiger partial charge in [-0.1, -0.05) is 39.3 Å². The first kappa shape index (κ1) is 25.5. The number of carbonyl (C=O) groups excluding carboxylic acids is 2. The number of allylic oxidation sites excluding steroid dienone is 1. The smallest absolute Gasteiger partial charge is 0.307 e. The predicted molar refractivity (Wildman–Crippen MR) is 140 cm³/mol. The van der Waals surface area contributed by atoms with Gasteiger partial charge in [0.25, 0.3) is 0 Å². The Bertz CT molecular complexity index is 876. The molecule has 35 heavy (non-hydrogen) atoms. The molecule has 1 unspecified atom stereocenters. The Morgan fingerprint density at radius 2 is 1.83 bits per heavy atom. The average Bonchev–Trinajstić information content (AvgIpc) is 3.15. The summed E-state index contributed by atoms with van der Waals surface area (Å²) in [5.41, 5.74) is 2.39. The lowest BCUT2D eigenvalue weighted by molar-refractivity contribution is -0.152. The van der Waals surface area contributed by atoms with Crippen molar-refractivity contribution in [3.8, 4) is 0 Å². The van der Waals surface area contributed by atoms with Gasteiger partial charge in [0.2, 0.25) is 0 Å². The van der Waals surface area contributed by atoms with Gasteiger partial charge < -0.3 is 9.64 Å². The summed E-state index contributed by atoms with van der Waals surface area (Å²) < 4.78 is 6.05. The molecule has 5 rings (SSSR count).